The smallest absolute Gasteiger partial charge is 0.335 e. The van der Waals surface area contributed by atoms with E-state index in [1.165, 1.54) is 0 Å². The molecule has 0 spiro atoms. The highest BCUT2D eigenvalue weighted by atomic mass is 16.4. The predicted molar refractivity (Wildman–Crippen MR) is 73.4 cm³/mol. The highest BCUT2D eigenvalue weighted by Crippen LogP contribution is 2.29. The van der Waals surface area contributed by atoms with Crippen LogP contribution >= 0.6 is 0 Å². The fourth-order valence-electron chi connectivity index (χ4n) is 2.40. The number of nitrogens with two attached hydrogens (primary N) is 1. The molecule has 6 nitrogen and oxygen atoms in total. The van der Waals surface area contributed by atoms with Crippen molar-refractivity contribution in [1.29, 1.82) is 0 Å². The number of aromatic nitrogens is 2. The van der Waals surface area contributed by atoms with Crippen LogP contribution in [-0.4, -0.2) is 26.5 Å². The standard InChI is InChI=1S/C14H11N3O3/c15-13(18)7-17-11-5-8(14(19)20)1-2-9(11)10-3-4-16-6-12(10)17/h1-6H,7H2,(H2,15,18)(H,19,20). The first-order valence-electron chi connectivity index (χ1n) is 5.95. The number of carbonyl (C=O) groups excluding carboxylic acids is 1. The number of pyridine rings is 1. The first-order chi connectivity index (χ1) is 9.58. The lowest BCUT2D eigenvalue weighted by Crippen LogP contribution is -2.18. The van der Waals surface area contributed by atoms with Crippen molar-refractivity contribution in [2.24, 2.45) is 5.73 Å². The Morgan fingerprint density at radius 1 is 1.20 bits per heavy atom. The fourth-order valence-corrected chi connectivity index (χ4v) is 2.40. The van der Waals surface area contributed by atoms with Gasteiger partial charge in [0, 0.05) is 17.0 Å². The number of nitrogens with zero attached hydrogens (tertiary/aromatic N) is 2. The molecule has 0 aliphatic rings. The van der Waals surface area contributed by atoms with Crippen LogP contribution in [0, 0.1) is 0 Å². The minimum Gasteiger partial charge on any atom is -0.478 e. The summed E-state index contributed by atoms with van der Waals surface area (Å²) in [6.07, 6.45) is 3.29. The number of primary amides is 1. The van der Waals surface area contributed by atoms with Gasteiger partial charge in [-0.05, 0) is 18.2 Å². The molecule has 0 saturated heterocycles. The highest BCUT2D eigenvalue weighted by Gasteiger charge is 2.14. The summed E-state index contributed by atoms with van der Waals surface area (Å²) in [6, 6.07) is 6.65. The van der Waals surface area contributed by atoms with Crippen LogP contribution in [0.4, 0.5) is 0 Å². The van der Waals surface area contributed by atoms with Gasteiger partial charge in [0.05, 0.1) is 22.8 Å². The monoisotopic (exact) mass is 269 g/mol. The van der Waals surface area contributed by atoms with Gasteiger partial charge in [-0.15, -0.1) is 0 Å². The van der Waals surface area contributed by atoms with Crippen molar-refractivity contribution < 1.29 is 14.7 Å². The van der Waals surface area contributed by atoms with Crippen molar-refractivity contribution in [3.63, 3.8) is 0 Å². The third-order valence-corrected chi connectivity index (χ3v) is 3.23. The Balaban J connectivity index is 2.41. The van der Waals surface area contributed by atoms with Crippen molar-refractivity contribution in [2.75, 3.05) is 0 Å². The largest absolute Gasteiger partial charge is 0.478 e. The van der Waals surface area contributed by atoms with E-state index in [4.69, 9.17) is 10.8 Å². The van der Waals surface area contributed by atoms with Crippen molar-refractivity contribution in [3.05, 3.63) is 42.2 Å². The Labute approximate surface area is 113 Å². The molecule has 0 saturated carbocycles. The topological polar surface area (TPSA) is 98.2 Å². The van der Waals surface area contributed by atoms with Gasteiger partial charge in [0.15, 0.2) is 0 Å². The van der Waals surface area contributed by atoms with Gasteiger partial charge < -0.3 is 15.4 Å². The lowest BCUT2D eigenvalue weighted by atomic mass is 10.1. The van der Waals surface area contributed by atoms with Crippen molar-refractivity contribution >= 4 is 33.7 Å². The van der Waals surface area contributed by atoms with Crippen LogP contribution in [0.3, 0.4) is 0 Å². The SMILES string of the molecule is NC(=O)Cn1c2cnccc2c2ccc(C(=O)O)cc21. The molecule has 100 valence electrons. The zero-order valence-electron chi connectivity index (χ0n) is 10.4. The van der Waals surface area contributed by atoms with Crippen molar-refractivity contribution in [1.82, 2.24) is 9.55 Å². The Morgan fingerprint density at radius 3 is 2.65 bits per heavy atom. The quantitative estimate of drug-likeness (QED) is 0.750. The zero-order chi connectivity index (χ0) is 14.3. The molecule has 2 aromatic heterocycles. The van der Waals surface area contributed by atoms with Gasteiger partial charge in [0.2, 0.25) is 5.91 Å². The lowest BCUT2D eigenvalue weighted by molar-refractivity contribution is -0.118. The Kier molecular flexibility index (Phi) is 2.64. The van der Waals surface area contributed by atoms with E-state index in [1.807, 2.05) is 6.07 Å². The molecule has 0 aliphatic carbocycles. The Morgan fingerprint density at radius 2 is 1.95 bits per heavy atom. The molecule has 0 radical (unpaired) electrons. The van der Waals surface area contributed by atoms with Crippen LogP contribution in [0.1, 0.15) is 10.4 Å². The van der Waals surface area contributed by atoms with Gasteiger partial charge in [-0.25, -0.2) is 4.79 Å². The minimum atomic E-state index is -1.01. The zero-order valence-corrected chi connectivity index (χ0v) is 10.4. The minimum absolute atomic E-state index is 0.0191. The number of carboxylic acids is 1. The van der Waals surface area contributed by atoms with Crippen molar-refractivity contribution in [2.45, 2.75) is 6.54 Å². The van der Waals surface area contributed by atoms with E-state index in [-0.39, 0.29) is 12.1 Å². The molecule has 1 amide bonds. The number of aromatic carboxylic acids is 1. The number of carboxylic acid groups (broad SMARTS) is 1. The maximum atomic E-state index is 11.2. The molecule has 2 heterocycles. The average Bonchev–Trinajstić information content (AvgIpc) is 2.73. The van der Waals surface area contributed by atoms with Gasteiger partial charge in [-0.1, -0.05) is 6.07 Å². The van der Waals surface area contributed by atoms with Gasteiger partial charge in [0.25, 0.3) is 0 Å². The van der Waals surface area contributed by atoms with Crippen LogP contribution in [0.5, 0.6) is 0 Å². The van der Waals surface area contributed by atoms with Crippen LogP contribution in [0.15, 0.2) is 36.7 Å². The molecular formula is C14H11N3O3. The average molecular weight is 269 g/mol. The number of rotatable bonds is 3. The molecular weight excluding hydrogens is 258 g/mol. The van der Waals surface area contributed by atoms with Gasteiger partial charge in [-0.2, -0.15) is 0 Å². The maximum absolute atomic E-state index is 11.2. The van der Waals surface area contributed by atoms with Crippen molar-refractivity contribution in [3.8, 4) is 0 Å². The Hall–Kier alpha value is -2.89. The van der Waals surface area contributed by atoms with Gasteiger partial charge in [0.1, 0.15) is 6.54 Å². The predicted octanol–water partition coefficient (Wildman–Crippen LogP) is 1.37. The second-order valence-electron chi connectivity index (χ2n) is 4.48. The number of benzene rings is 1. The third kappa shape index (κ3) is 1.78. The van der Waals surface area contributed by atoms with E-state index >= 15 is 0 Å². The molecule has 0 unspecified atom stereocenters. The second-order valence-corrected chi connectivity index (χ2v) is 4.48. The first kappa shape index (κ1) is 12.2. The summed E-state index contributed by atoms with van der Waals surface area (Å²) in [5.41, 5.74) is 6.85. The fraction of sp³-hybridized carbons (Fsp3) is 0.0714. The number of hydrogen-bond acceptors (Lipinski definition) is 3. The van der Waals surface area contributed by atoms with Crippen LogP contribution in [0.25, 0.3) is 21.8 Å². The summed E-state index contributed by atoms with van der Waals surface area (Å²) in [5, 5.41) is 10.9. The number of amides is 1. The summed E-state index contributed by atoms with van der Waals surface area (Å²) in [7, 11) is 0. The third-order valence-electron chi connectivity index (χ3n) is 3.23. The summed E-state index contributed by atoms with van der Waals surface area (Å²) in [6.45, 7) is -0.0191. The Bertz CT molecular complexity index is 851. The van der Waals surface area contributed by atoms with Gasteiger partial charge in [-0.3, -0.25) is 9.78 Å². The summed E-state index contributed by atoms with van der Waals surface area (Å²) < 4.78 is 1.69. The molecule has 3 N–H and O–H groups in total. The number of fused-ring (bicyclic) bond motifs is 3. The van der Waals surface area contributed by atoms with E-state index in [9.17, 15) is 9.59 Å². The maximum Gasteiger partial charge on any atom is 0.335 e. The van der Waals surface area contributed by atoms with Gasteiger partial charge >= 0.3 is 5.97 Å². The molecule has 20 heavy (non-hydrogen) atoms. The van der Waals surface area contributed by atoms with E-state index in [1.54, 1.807) is 35.2 Å². The molecule has 6 heteroatoms. The summed E-state index contributed by atoms with van der Waals surface area (Å²) >= 11 is 0. The summed E-state index contributed by atoms with van der Waals surface area (Å²) in [5.74, 6) is -1.51. The van der Waals surface area contributed by atoms with E-state index < -0.39 is 11.9 Å². The van der Waals surface area contributed by atoms with E-state index in [0.717, 1.165) is 16.3 Å². The van der Waals surface area contributed by atoms with E-state index in [0.29, 0.717) is 5.52 Å². The molecule has 3 aromatic rings. The van der Waals surface area contributed by atoms with Crippen LogP contribution in [-0.2, 0) is 11.3 Å². The molecule has 3 rings (SSSR count). The summed E-state index contributed by atoms with van der Waals surface area (Å²) in [4.78, 5) is 26.4. The lowest BCUT2D eigenvalue weighted by Gasteiger charge is -2.04. The molecule has 0 fully saturated rings. The highest BCUT2D eigenvalue weighted by molar-refractivity contribution is 6.09. The number of carbonyl (C=O) groups is 2. The first-order valence-corrected chi connectivity index (χ1v) is 5.95. The van der Waals surface area contributed by atoms with E-state index in [2.05, 4.69) is 4.98 Å². The molecule has 0 aliphatic heterocycles. The molecule has 0 bridgehead atoms. The normalized spacial score (nSPS) is 11.0. The van der Waals surface area contributed by atoms with Crippen LogP contribution < -0.4 is 5.73 Å². The molecule has 1 aromatic carbocycles. The van der Waals surface area contributed by atoms with Crippen LogP contribution in [0.2, 0.25) is 0 Å². The number of hydrogen-bond donors (Lipinski definition) is 2. The second kappa shape index (κ2) is 4.34. The molecule has 0 atom stereocenters.